The Bertz CT molecular complexity index is 585. The zero-order valence-corrected chi connectivity index (χ0v) is 11.3. The van der Waals surface area contributed by atoms with Gasteiger partial charge in [-0.15, -0.1) is 0 Å². The molecule has 1 aliphatic carbocycles. The Hall–Kier alpha value is -1.42. The Labute approximate surface area is 112 Å². The highest BCUT2D eigenvalue weighted by molar-refractivity contribution is 7.71. The molecule has 4 heteroatoms. The molecule has 2 unspecified atom stereocenters. The molecule has 1 fully saturated rings. The van der Waals surface area contributed by atoms with E-state index in [1.165, 1.54) is 12.0 Å². The fraction of sp³-hybridized carbons (Fsp3) is 0.429. The molecule has 1 aliphatic rings. The van der Waals surface area contributed by atoms with Crippen LogP contribution >= 0.6 is 12.2 Å². The molecule has 0 aliphatic heterocycles. The Kier molecular flexibility index (Phi) is 3.04. The maximum Gasteiger partial charge on any atom is 0.195 e. The third-order valence-electron chi connectivity index (χ3n) is 3.58. The summed E-state index contributed by atoms with van der Waals surface area (Å²) in [6, 6.07) is 10.7. The molecule has 0 saturated heterocycles. The molecule has 2 atom stereocenters. The molecule has 3 nitrogen and oxygen atoms in total. The number of aromatic amines is 1. The van der Waals surface area contributed by atoms with Gasteiger partial charge < -0.3 is 4.57 Å². The van der Waals surface area contributed by atoms with E-state index in [2.05, 4.69) is 52.0 Å². The molecule has 0 spiro atoms. The third-order valence-corrected chi connectivity index (χ3v) is 3.90. The molecule has 3 rings (SSSR count). The van der Waals surface area contributed by atoms with Crippen molar-refractivity contribution in [2.75, 3.05) is 0 Å². The van der Waals surface area contributed by atoms with Crippen molar-refractivity contribution in [2.24, 2.45) is 0 Å². The second kappa shape index (κ2) is 4.69. The van der Waals surface area contributed by atoms with Crippen LogP contribution in [0.5, 0.6) is 0 Å². The van der Waals surface area contributed by atoms with E-state index in [-0.39, 0.29) is 0 Å². The molecule has 18 heavy (non-hydrogen) atoms. The Balaban J connectivity index is 1.85. The summed E-state index contributed by atoms with van der Waals surface area (Å²) in [5.41, 5.74) is 1.42. The highest BCUT2D eigenvalue weighted by Crippen LogP contribution is 2.53. The summed E-state index contributed by atoms with van der Waals surface area (Å²) in [6.45, 7) is 3.13. The van der Waals surface area contributed by atoms with Gasteiger partial charge in [0, 0.05) is 12.5 Å². The highest BCUT2D eigenvalue weighted by atomic mass is 32.1. The van der Waals surface area contributed by atoms with Crippen LogP contribution in [0.4, 0.5) is 0 Å². The molecule has 0 radical (unpaired) electrons. The Morgan fingerprint density at radius 3 is 2.83 bits per heavy atom. The Morgan fingerprint density at radius 1 is 1.33 bits per heavy atom. The van der Waals surface area contributed by atoms with Crippen molar-refractivity contribution < 1.29 is 0 Å². The quantitative estimate of drug-likeness (QED) is 0.851. The molecule has 1 heterocycles. The molecule has 1 N–H and O–H groups in total. The van der Waals surface area contributed by atoms with E-state index >= 15 is 0 Å². The largest absolute Gasteiger partial charge is 0.304 e. The van der Waals surface area contributed by atoms with Crippen LogP contribution in [0.15, 0.2) is 30.3 Å². The summed E-state index contributed by atoms with van der Waals surface area (Å²) in [6.07, 6.45) is 2.27. The first-order valence-corrected chi connectivity index (χ1v) is 6.92. The molecule has 94 valence electrons. The van der Waals surface area contributed by atoms with Gasteiger partial charge in [-0.2, -0.15) is 5.10 Å². The fourth-order valence-electron chi connectivity index (χ4n) is 2.60. The van der Waals surface area contributed by atoms with Crippen LogP contribution in [-0.4, -0.2) is 14.8 Å². The van der Waals surface area contributed by atoms with Gasteiger partial charge in [-0.1, -0.05) is 37.3 Å². The maximum atomic E-state index is 5.29. The molecule has 0 bridgehead atoms. The molecular formula is C14H17N3S. The van der Waals surface area contributed by atoms with Crippen molar-refractivity contribution in [1.29, 1.82) is 0 Å². The number of benzene rings is 1. The van der Waals surface area contributed by atoms with E-state index in [0.29, 0.717) is 11.8 Å². The maximum absolute atomic E-state index is 5.29. The van der Waals surface area contributed by atoms with Crippen LogP contribution < -0.4 is 0 Å². The van der Waals surface area contributed by atoms with Crippen LogP contribution in [0.1, 0.15) is 43.0 Å². The first-order valence-electron chi connectivity index (χ1n) is 6.51. The SMILES string of the molecule is CCCn1c(C2CC2c2ccccc2)n[nH]c1=S. The van der Waals surface area contributed by atoms with Gasteiger partial charge in [0.2, 0.25) is 0 Å². The van der Waals surface area contributed by atoms with Crippen molar-refractivity contribution in [3.63, 3.8) is 0 Å². The van der Waals surface area contributed by atoms with Crippen LogP contribution in [0.3, 0.4) is 0 Å². The predicted octanol–water partition coefficient (Wildman–Crippen LogP) is 3.62. The van der Waals surface area contributed by atoms with Gasteiger partial charge in [-0.3, -0.25) is 5.10 Å². The van der Waals surface area contributed by atoms with Gasteiger partial charge in [0.25, 0.3) is 0 Å². The lowest BCUT2D eigenvalue weighted by Crippen LogP contribution is -2.03. The number of hydrogen-bond acceptors (Lipinski definition) is 2. The van der Waals surface area contributed by atoms with Gasteiger partial charge in [0.1, 0.15) is 5.82 Å². The summed E-state index contributed by atoms with van der Waals surface area (Å²) < 4.78 is 2.91. The van der Waals surface area contributed by atoms with Gasteiger partial charge in [0.05, 0.1) is 0 Å². The lowest BCUT2D eigenvalue weighted by Gasteiger charge is -2.04. The third kappa shape index (κ3) is 2.01. The van der Waals surface area contributed by atoms with E-state index in [1.807, 2.05) is 0 Å². The second-order valence-corrected chi connectivity index (χ2v) is 5.28. The number of aromatic nitrogens is 3. The van der Waals surface area contributed by atoms with Crippen LogP contribution in [0, 0.1) is 4.77 Å². The lowest BCUT2D eigenvalue weighted by atomic mass is 10.1. The minimum Gasteiger partial charge on any atom is -0.304 e. The van der Waals surface area contributed by atoms with Gasteiger partial charge in [-0.05, 0) is 36.5 Å². The zero-order valence-electron chi connectivity index (χ0n) is 10.5. The number of H-pyrrole nitrogens is 1. The van der Waals surface area contributed by atoms with Crippen molar-refractivity contribution >= 4 is 12.2 Å². The summed E-state index contributed by atoms with van der Waals surface area (Å²) >= 11 is 5.29. The zero-order chi connectivity index (χ0) is 12.5. The fourth-order valence-corrected chi connectivity index (χ4v) is 2.83. The van der Waals surface area contributed by atoms with Crippen LogP contribution in [0.2, 0.25) is 0 Å². The van der Waals surface area contributed by atoms with E-state index in [0.717, 1.165) is 23.6 Å². The predicted molar refractivity (Wildman–Crippen MR) is 74.2 cm³/mol. The van der Waals surface area contributed by atoms with Crippen LogP contribution in [0.25, 0.3) is 0 Å². The average Bonchev–Trinajstić information content (AvgIpc) is 3.12. The normalized spacial score (nSPS) is 22.1. The Morgan fingerprint density at radius 2 is 2.11 bits per heavy atom. The van der Waals surface area contributed by atoms with E-state index < -0.39 is 0 Å². The van der Waals surface area contributed by atoms with Gasteiger partial charge in [-0.25, -0.2) is 0 Å². The topological polar surface area (TPSA) is 33.6 Å². The second-order valence-electron chi connectivity index (χ2n) is 4.90. The molecular weight excluding hydrogens is 242 g/mol. The molecule has 2 aromatic rings. The summed E-state index contributed by atoms with van der Waals surface area (Å²) in [7, 11) is 0. The molecule has 1 aromatic heterocycles. The number of nitrogens with one attached hydrogen (secondary N) is 1. The smallest absolute Gasteiger partial charge is 0.195 e. The summed E-state index contributed by atoms with van der Waals surface area (Å²) in [4.78, 5) is 0. The minimum atomic E-state index is 0.534. The molecule has 1 saturated carbocycles. The summed E-state index contributed by atoms with van der Waals surface area (Å²) in [5, 5.41) is 7.35. The minimum absolute atomic E-state index is 0.534. The highest BCUT2D eigenvalue weighted by Gasteiger charge is 2.42. The number of nitrogens with zero attached hydrogens (tertiary/aromatic N) is 2. The van der Waals surface area contributed by atoms with Crippen LogP contribution in [-0.2, 0) is 6.54 Å². The van der Waals surface area contributed by atoms with Crippen molar-refractivity contribution in [2.45, 2.75) is 38.1 Å². The van der Waals surface area contributed by atoms with E-state index in [4.69, 9.17) is 12.2 Å². The van der Waals surface area contributed by atoms with Crippen molar-refractivity contribution in [1.82, 2.24) is 14.8 Å². The molecule has 0 amide bonds. The number of rotatable bonds is 4. The van der Waals surface area contributed by atoms with Gasteiger partial charge >= 0.3 is 0 Å². The monoisotopic (exact) mass is 259 g/mol. The first kappa shape index (κ1) is 11.7. The van der Waals surface area contributed by atoms with E-state index in [9.17, 15) is 0 Å². The lowest BCUT2D eigenvalue weighted by molar-refractivity contribution is 0.629. The van der Waals surface area contributed by atoms with Crippen molar-refractivity contribution in [3.8, 4) is 0 Å². The van der Waals surface area contributed by atoms with E-state index in [1.54, 1.807) is 0 Å². The summed E-state index contributed by atoms with van der Waals surface area (Å²) in [5.74, 6) is 2.29. The number of hydrogen-bond donors (Lipinski definition) is 1. The molecule has 1 aromatic carbocycles. The average molecular weight is 259 g/mol. The first-order chi connectivity index (χ1) is 8.81. The standard InChI is InChI=1S/C14H17N3S/c1-2-8-17-13(15-16-14(17)18)12-9-11(12)10-6-4-3-5-7-10/h3-7,11-12H,2,8-9H2,1H3,(H,16,18). The van der Waals surface area contributed by atoms with Crippen molar-refractivity contribution in [3.05, 3.63) is 46.5 Å². The van der Waals surface area contributed by atoms with Gasteiger partial charge in [0.15, 0.2) is 4.77 Å².